The quantitative estimate of drug-likeness (QED) is 0.647. The van der Waals surface area contributed by atoms with Crippen molar-refractivity contribution in [2.75, 3.05) is 13.2 Å². The van der Waals surface area contributed by atoms with Crippen molar-refractivity contribution in [1.82, 2.24) is 5.32 Å². The van der Waals surface area contributed by atoms with E-state index in [0.717, 1.165) is 31.4 Å². The number of fused-ring (bicyclic) bond motifs is 1. The Kier molecular flexibility index (Phi) is 3.96. The molecular weight excluding hydrogens is 222 g/mol. The minimum atomic E-state index is -0.244. The highest BCUT2D eigenvalue weighted by Crippen LogP contribution is 2.28. The van der Waals surface area contributed by atoms with E-state index in [-0.39, 0.29) is 12.0 Å². The molecular formula is C12H17NO2S. The average molecular weight is 239 g/mol. The minimum absolute atomic E-state index is 0.132. The van der Waals surface area contributed by atoms with Crippen LogP contribution in [0.3, 0.4) is 0 Å². The van der Waals surface area contributed by atoms with Crippen LogP contribution in [0.5, 0.6) is 0 Å². The van der Waals surface area contributed by atoms with Crippen LogP contribution in [-0.2, 0) is 16.0 Å². The van der Waals surface area contributed by atoms with E-state index < -0.39 is 0 Å². The van der Waals surface area contributed by atoms with Crippen LogP contribution in [0, 0.1) is 0 Å². The van der Waals surface area contributed by atoms with Crippen LogP contribution in [0.1, 0.15) is 36.2 Å². The SMILES string of the molecule is CCCCOC(=O)C1NCCc2sccc21. The van der Waals surface area contributed by atoms with Gasteiger partial charge in [0.05, 0.1) is 6.61 Å². The zero-order valence-electron chi connectivity index (χ0n) is 9.49. The lowest BCUT2D eigenvalue weighted by Gasteiger charge is -2.22. The maximum atomic E-state index is 11.9. The monoisotopic (exact) mass is 239 g/mol. The summed E-state index contributed by atoms with van der Waals surface area (Å²) in [6, 6.07) is 1.78. The van der Waals surface area contributed by atoms with Crippen molar-refractivity contribution in [1.29, 1.82) is 0 Å². The number of hydrogen-bond donors (Lipinski definition) is 1. The molecule has 88 valence electrons. The molecule has 0 bridgehead atoms. The van der Waals surface area contributed by atoms with E-state index in [9.17, 15) is 4.79 Å². The molecule has 1 aliphatic heterocycles. The predicted octanol–water partition coefficient (Wildman–Crippen LogP) is 2.28. The highest BCUT2D eigenvalue weighted by Gasteiger charge is 2.27. The van der Waals surface area contributed by atoms with Gasteiger partial charge in [-0.3, -0.25) is 0 Å². The lowest BCUT2D eigenvalue weighted by molar-refractivity contribution is -0.146. The van der Waals surface area contributed by atoms with Crippen LogP contribution >= 0.6 is 11.3 Å². The summed E-state index contributed by atoms with van der Waals surface area (Å²) in [5.74, 6) is -0.132. The van der Waals surface area contributed by atoms with Crippen LogP contribution in [0.4, 0.5) is 0 Å². The first-order valence-electron chi connectivity index (χ1n) is 5.79. The number of nitrogens with one attached hydrogen (secondary N) is 1. The van der Waals surface area contributed by atoms with Crippen molar-refractivity contribution in [3.05, 3.63) is 21.9 Å². The molecule has 4 heteroatoms. The molecule has 1 N–H and O–H groups in total. The van der Waals surface area contributed by atoms with Crippen molar-refractivity contribution in [3.63, 3.8) is 0 Å². The smallest absolute Gasteiger partial charge is 0.327 e. The Morgan fingerprint density at radius 1 is 1.69 bits per heavy atom. The molecule has 2 heterocycles. The molecule has 16 heavy (non-hydrogen) atoms. The summed E-state index contributed by atoms with van der Waals surface area (Å²) in [6.07, 6.45) is 3.01. The number of unbranched alkanes of at least 4 members (excludes halogenated alkanes) is 1. The lowest BCUT2D eigenvalue weighted by atomic mass is 10.0. The van der Waals surface area contributed by atoms with Gasteiger partial charge in [-0.2, -0.15) is 0 Å². The Hall–Kier alpha value is -0.870. The van der Waals surface area contributed by atoms with Gasteiger partial charge in [0, 0.05) is 11.4 Å². The zero-order valence-corrected chi connectivity index (χ0v) is 10.3. The van der Waals surface area contributed by atoms with Gasteiger partial charge in [-0.1, -0.05) is 13.3 Å². The Morgan fingerprint density at radius 3 is 3.38 bits per heavy atom. The number of carbonyl (C=O) groups excluding carboxylic acids is 1. The molecule has 0 saturated heterocycles. The van der Waals surface area contributed by atoms with Gasteiger partial charge < -0.3 is 10.1 Å². The highest BCUT2D eigenvalue weighted by molar-refractivity contribution is 7.10. The first-order chi connectivity index (χ1) is 7.83. The Bertz CT molecular complexity index is 362. The third-order valence-electron chi connectivity index (χ3n) is 2.77. The van der Waals surface area contributed by atoms with Crippen molar-refractivity contribution in [3.8, 4) is 0 Å². The van der Waals surface area contributed by atoms with Gasteiger partial charge in [-0.05, 0) is 29.9 Å². The molecule has 0 saturated carbocycles. The van der Waals surface area contributed by atoms with Crippen molar-refractivity contribution >= 4 is 17.3 Å². The maximum Gasteiger partial charge on any atom is 0.327 e. The number of ether oxygens (including phenoxy) is 1. The van der Waals surface area contributed by atoms with E-state index in [2.05, 4.69) is 12.2 Å². The Labute approximate surface area is 99.8 Å². The highest BCUT2D eigenvalue weighted by atomic mass is 32.1. The number of carbonyl (C=O) groups is 1. The number of hydrogen-bond acceptors (Lipinski definition) is 4. The molecule has 3 nitrogen and oxygen atoms in total. The fourth-order valence-electron chi connectivity index (χ4n) is 1.86. The Morgan fingerprint density at radius 2 is 2.56 bits per heavy atom. The molecule has 1 aromatic rings. The molecule has 1 atom stereocenters. The van der Waals surface area contributed by atoms with E-state index in [0.29, 0.717) is 6.61 Å². The second-order valence-corrected chi connectivity index (χ2v) is 4.96. The van der Waals surface area contributed by atoms with Crippen molar-refractivity contribution in [2.24, 2.45) is 0 Å². The van der Waals surface area contributed by atoms with E-state index in [1.165, 1.54) is 4.88 Å². The molecule has 0 radical (unpaired) electrons. The van der Waals surface area contributed by atoms with Crippen LogP contribution in [0.25, 0.3) is 0 Å². The zero-order chi connectivity index (χ0) is 11.4. The van der Waals surface area contributed by atoms with Gasteiger partial charge in [0.15, 0.2) is 0 Å². The summed E-state index contributed by atoms with van der Waals surface area (Å²) < 4.78 is 5.25. The topological polar surface area (TPSA) is 38.3 Å². The number of thiophene rings is 1. The van der Waals surface area contributed by atoms with Gasteiger partial charge in [0.25, 0.3) is 0 Å². The standard InChI is InChI=1S/C12H17NO2S/c1-2-3-7-15-12(14)11-9-5-8-16-10(9)4-6-13-11/h5,8,11,13H,2-4,6-7H2,1H3. The van der Waals surface area contributed by atoms with Gasteiger partial charge in [0.1, 0.15) is 6.04 Å². The second-order valence-electron chi connectivity index (χ2n) is 3.96. The molecule has 0 fully saturated rings. The fraction of sp³-hybridized carbons (Fsp3) is 0.583. The van der Waals surface area contributed by atoms with Gasteiger partial charge in [-0.25, -0.2) is 4.79 Å². The van der Waals surface area contributed by atoms with Crippen LogP contribution in [-0.4, -0.2) is 19.1 Å². The molecule has 1 aliphatic rings. The molecule has 1 unspecified atom stereocenters. The average Bonchev–Trinajstić information content (AvgIpc) is 2.76. The van der Waals surface area contributed by atoms with E-state index in [1.54, 1.807) is 11.3 Å². The molecule has 0 amide bonds. The van der Waals surface area contributed by atoms with Gasteiger partial charge in [0.2, 0.25) is 0 Å². The summed E-state index contributed by atoms with van der Waals surface area (Å²) in [6.45, 7) is 3.48. The maximum absolute atomic E-state index is 11.9. The molecule has 0 spiro atoms. The molecule has 0 aliphatic carbocycles. The first-order valence-corrected chi connectivity index (χ1v) is 6.67. The third-order valence-corrected chi connectivity index (χ3v) is 3.77. The largest absolute Gasteiger partial charge is 0.464 e. The Balaban J connectivity index is 1.98. The van der Waals surface area contributed by atoms with Crippen molar-refractivity contribution < 1.29 is 9.53 Å². The van der Waals surface area contributed by atoms with Crippen molar-refractivity contribution in [2.45, 2.75) is 32.2 Å². The molecule has 1 aromatic heterocycles. The van der Waals surface area contributed by atoms with Crippen LogP contribution < -0.4 is 5.32 Å². The second kappa shape index (κ2) is 5.46. The van der Waals surface area contributed by atoms with Gasteiger partial charge in [-0.15, -0.1) is 11.3 Å². The third kappa shape index (κ3) is 2.44. The normalized spacial score (nSPS) is 19.2. The van der Waals surface area contributed by atoms with Gasteiger partial charge >= 0.3 is 5.97 Å². The first kappa shape index (κ1) is 11.6. The molecule has 2 rings (SSSR count). The van der Waals surface area contributed by atoms with E-state index >= 15 is 0 Å². The lowest BCUT2D eigenvalue weighted by Crippen LogP contribution is -2.35. The number of rotatable bonds is 4. The summed E-state index contributed by atoms with van der Waals surface area (Å²) >= 11 is 1.73. The van der Waals surface area contributed by atoms with Crippen LogP contribution in [0.15, 0.2) is 11.4 Å². The summed E-state index contributed by atoms with van der Waals surface area (Å²) in [5.41, 5.74) is 1.11. The van der Waals surface area contributed by atoms with E-state index in [4.69, 9.17) is 4.74 Å². The van der Waals surface area contributed by atoms with E-state index in [1.807, 2.05) is 11.4 Å². The predicted molar refractivity (Wildman–Crippen MR) is 64.6 cm³/mol. The van der Waals surface area contributed by atoms with Crippen LogP contribution in [0.2, 0.25) is 0 Å². The fourth-order valence-corrected chi connectivity index (χ4v) is 2.78. The summed E-state index contributed by atoms with van der Waals surface area (Å²) in [7, 11) is 0. The minimum Gasteiger partial charge on any atom is -0.464 e. The summed E-state index contributed by atoms with van der Waals surface area (Å²) in [5, 5.41) is 5.27. The summed E-state index contributed by atoms with van der Waals surface area (Å²) in [4.78, 5) is 13.2. The molecule has 0 aromatic carbocycles. The number of esters is 1.